The second-order valence-corrected chi connectivity index (χ2v) is 9.88. The molecule has 0 atom stereocenters. The normalized spacial score (nSPS) is 15.8. The van der Waals surface area contributed by atoms with E-state index in [-0.39, 0.29) is 0 Å². The molecule has 3 aromatic carbocycles. The van der Waals surface area contributed by atoms with Crippen LogP contribution in [0.5, 0.6) is 11.5 Å². The molecule has 0 N–H and O–H groups in total. The third kappa shape index (κ3) is 2.59. The van der Waals surface area contributed by atoms with E-state index in [2.05, 4.69) is 61.1 Å². The quantitative estimate of drug-likeness (QED) is 0.241. The standard InChI is InChI=1S/C30H24NO4/c1-16-26-24(14-19-8-12-33-29(16)19)34-25-15-22-20-4-3-18(17-6-10-32-11-7-17)13-23(20)35-30(22)21-5-9-31(2)28(26)27(21)25/h3-5,8-9,12-15,17H,6-7,10-11H2,1-2H3/q+1. The van der Waals surface area contributed by atoms with Crippen LogP contribution in [0.15, 0.2) is 63.8 Å². The third-order valence-corrected chi connectivity index (χ3v) is 7.94. The molecule has 5 heteroatoms. The first-order valence-corrected chi connectivity index (χ1v) is 12.3. The highest BCUT2D eigenvalue weighted by Crippen LogP contribution is 2.51. The Balaban J connectivity index is 1.42. The van der Waals surface area contributed by atoms with Gasteiger partial charge in [0.15, 0.2) is 6.20 Å². The Morgan fingerprint density at radius 2 is 1.77 bits per heavy atom. The third-order valence-electron chi connectivity index (χ3n) is 7.94. The zero-order chi connectivity index (χ0) is 23.3. The molecule has 2 aliphatic rings. The van der Waals surface area contributed by atoms with Gasteiger partial charge >= 0.3 is 0 Å². The number of furan rings is 2. The highest BCUT2D eigenvalue weighted by molar-refractivity contribution is 6.20. The lowest BCUT2D eigenvalue weighted by Crippen LogP contribution is -2.31. The average Bonchev–Trinajstić information content (AvgIpc) is 3.50. The molecule has 5 heterocycles. The lowest BCUT2D eigenvalue weighted by Gasteiger charge is -2.22. The molecule has 0 spiro atoms. The van der Waals surface area contributed by atoms with Gasteiger partial charge in [0, 0.05) is 46.4 Å². The summed E-state index contributed by atoms with van der Waals surface area (Å²) in [7, 11) is 2.09. The van der Waals surface area contributed by atoms with E-state index >= 15 is 0 Å². The van der Waals surface area contributed by atoms with Crippen molar-refractivity contribution in [1.82, 2.24) is 0 Å². The van der Waals surface area contributed by atoms with Crippen molar-refractivity contribution in [2.45, 2.75) is 25.7 Å². The minimum absolute atomic E-state index is 0.528. The second kappa shape index (κ2) is 6.86. The van der Waals surface area contributed by atoms with Gasteiger partial charge in [-0.3, -0.25) is 0 Å². The summed E-state index contributed by atoms with van der Waals surface area (Å²) in [5, 5.41) is 5.41. The molecule has 0 radical (unpaired) electrons. The van der Waals surface area contributed by atoms with Gasteiger partial charge in [-0.05, 0) is 55.5 Å². The van der Waals surface area contributed by atoms with Crippen LogP contribution >= 0.6 is 0 Å². The first kappa shape index (κ1) is 19.5. The van der Waals surface area contributed by atoms with Crippen molar-refractivity contribution in [1.29, 1.82) is 0 Å². The number of benzene rings is 3. The number of aryl methyl sites for hydroxylation is 2. The topological polar surface area (TPSA) is 48.6 Å². The van der Waals surface area contributed by atoms with Crippen LogP contribution in [-0.2, 0) is 11.8 Å². The predicted molar refractivity (Wildman–Crippen MR) is 135 cm³/mol. The fourth-order valence-corrected chi connectivity index (χ4v) is 6.18. The van der Waals surface area contributed by atoms with Crippen molar-refractivity contribution in [3.8, 4) is 22.8 Å². The maximum atomic E-state index is 6.60. The van der Waals surface area contributed by atoms with E-state index in [1.807, 2.05) is 6.07 Å². The van der Waals surface area contributed by atoms with Crippen molar-refractivity contribution in [2.24, 2.45) is 7.05 Å². The summed E-state index contributed by atoms with van der Waals surface area (Å²) in [5.74, 6) is 2.26. The first-order chi connectivity index (χ1) is 17.2. The molecule has 0 bridgehead atoms. The van der Waals surface area contributed by atoms with Crippen molar-refractivity contribution in [3.05, 3.63) is 66.1 Å². The number of rotatable bonds is 1. The number of ether oxygens (including phenoxy) is 2. The summed E-state index contributed by atoms with van der Waals surface area (Å²) in [4.78, 5) is 0. The van der Waals surface area contributed by atoms with Crippen molar-refractivity contribution in [2.75, 3.05) is 13.2 Å². The van der Waals surface area contributed by atoms with Gasteiger partial charge in [-0.2, -0.15) is 0 Å². The van der Waals surface area contributed by atoms with Crippen LogP contribution in [-0.4, -0.2) is 13.2 Å². The highest BCUT2D eigenvalue weighted by Gasteiger charge is 2.32. The Morgan fingerprint density at radius 1 is 0.886 bits per heavy atom. The molecule has 0 unspecified atom stereocenters. The van der Waals surface area contributed by atoms with Crippen LogP contribution in [0.2, 0.25) is 0 Å². The molecule has 1 saturated heterocycles. The Hall–Kier alpha value is -3.83. The average molecular weight is 463 g/mol. The summed E-state index contributed by atoms with van der Waals surface area (Å²) >= 11 is 0. The van der Waals surface area contributed by atoms with Gasteiger partial charge in [0.05, 0.1) is 11.8 Å². The molecule has 35 heavy (non-hydrogen) atoms. The van der Waals surface area contributed by atoms with E-state index in [0.29, 0.717) is 5.92 Å². The van der Waals surface area contributed by atoms with E-state index in [4.69, 9.17) is 18.3 Å². The molecule has 0 aliphatic carbocycles. The van der Waals surface area contributed by atoms with Gasteiger partial charge in [-0.1, -0.05) is 12.1 Å². The maximum Gasteiger partial charge on any atom is 0.228 e. The lowest BCUT2D eigenvalue weighted by molar-refractivity contribution is -0.659. The number of hydrogen-bond donors (Lipinski definition) is 0. The molecule has 2 aliphatic heterocycles. The van der Waals surface area contributed by atoms with Gasteiger partial charge in [-0.25, -0.2) is 4.57 Å². The Bertz CT molecular complexity index is 1830. The highest BCUT2D eigenvalue weighted by atomic mass is 16.5. The monoisotopic (exact) mass is 462 g/mol. The van der Waals surface area contributed by atoms with E-state index in [9.17, 15) is 0 Å². The molecule has 0 saturated carbocycles. The molecule has 5 nitrogen and oxygen atoms in total. The SMILES string of the molecule is Cc1c2c(cc3ccoc13)Oc1cc3c4ccc(C5CCOCC5)cc4oc3c3cc[n+](C)c-2c13. The number of nitrogens with zero attached hydrogens (tertiary/aromatic N) is 1. The van der Waals surface area contributed by atoms with Gasteiger partial charge in [0.2, 0.25) is 5.69 Å². The van der Waals surface area contributed by atoms with Crippen molar-refractivity contribution >= 4 is 43.7 Å². The van der Waals surface area contributed by atoms with Crippen LogP contribution in [0.4, 0.5) is 0 Å². The summed E-state index contributed by atoms with van der Waals surface area (Å²) in [6, 6.07) is 15.1. The number of aromatic nitrogens is 1. The molecule has 3 aromatic heterocycles. The zero-order valence-corrected chi connectivity index (χ0v) is 19.7. The van der Waals surface area contributed by atoms with Gasteiger partial charge < -0.3 is 18.3 Å². The lowest BCUT2D eigenvalue weighted by atomic mass is 9.91. The Morgan fingerprint density at radius 3 is 2.66 bits per heavy atom. The zero-order valence-electron chi connectivity index (χ0n) is 19.7. The van der Waals surface area contributed by atoms with Gasteiger partial charge in [-0.15, -0.1) is 0 Å². The van der Waals surface area contributed by atoms with Crippen LogP contribution < -0.4 is 9.30 Å². The Kier molecular flexibility index (Phi) is 3.82. The predicted octanol–water partition coefficient (Wildman–Crippen LogP) is 7.29. The van der Waals surface area contributed by atoms with Gasteiger partial charge in [0.25, 0.3) is 0 Å². The van der Waals surface area contributed by atoms with Crippen molar-refractivity contribution < 1.29 is 22.9 Å². The fourth-order valence-electron chi connectivity index (χ4n) is 6.18. The summed E-state index contributed by atoms with van der Waals surface area (Å²) in [6.07, 6.45) is 5.98. The summed E-state index contributed by atoms with van der Waals surface area (Å²) < 4.78 is 26.7. The first-order valence-electron chi connectivity index (χ1n) is 12.3. The smallest absolute Gasteiger partial charge is 0.228 e. The fraction of sp³-hybridized carbons (Fsp3) is 0.233. The minimum atomic E-state index is 0.528. The summed E-state index contributed by atoms with van der Waals surface area (Å²) in [5.41, 5.74) is 7.37. The van der Waals surface area contributed by atoms with Crippen LogP contribution in [0.25, 0.3) is 54.9 Å². The van der Waals surface area contributed by atoms with E-state index in [1.165, 1.54) is 5.56 Å². The number of pyridine rings is 1. The largest absolute Gasteiger partial charge is 0.464 e. The molecule has 1 fully saturated rings. The second-order valence-electron chi connectivity index (χ2n) is 9.88. The number of hydrogen-bond acceptors (Lipinski definition) is 4. The molecule has 172 valence electrons. The minimum Gasteiger partial charge on any atom is -0.464 e. The number of fused-ring (bicyclic) bond motifs is 7. The Labute approximate surface area is 201 Å². The van der Waals surface area contributed by atoms with E-state index < -0.39 is 0 Å². The maximum absolute atomic E-state index is 6.60. The molecular weight excluding hydrogens is 438 g/mol. The van der Waals surface area contributed by atoms with Crippen molar-refractivity contribution in [3.63, 3.8) is 0 Å². The van der Waals surface area contributed by atoms with Crippen LogP contribution in [0.3, 0.4) is 0 Å². The summed E-state index contributed by atoms with van der Waals surface area (Å²) in [6.45, 7) is 3.77. The van der Waals surface area contributed by atoms with Crippen LogP contribution in [0.1, 0.15) is 29.9 Å². The van der Waals surface area contributed by atoms with Gasteiger partial charge in [0.1, 0.15) is 40.7 Å². The van der Waals surface area contributed by atoms with E-state index in [1.54, 1.807) is 6.26 Å². The van der Waals surface area contributed by atoms with E-state index in [0.717, 1.165) is 98.1 Å². The molecule has 6 aromatic rings. The van der Waals surface area contributed by atoms with Crippen LogP contribution in [0, 0.1) is 6.92 Å². The molecule has 8 rings (SSSR count). The molecule has 0 amide bonds. The molecular formula is C30H24NO4+.